The molecule has 0 saturated carbocycles. The minimum absolute atomic E-state index is 0.0201. The molecule has 1 heterocycles. The molecule has 0 radical (unpaired) electrons. The Morgan fingerprint density at radius 2 is 1.56 bits per heavy atom. The fraction of sp³-hybridized carbons (Fsp3) is 0.176. The maximum absolute atomic E-state index is 13.6. The number of fused-ring (bicyclic) bond motifs is 1. The average Bonchev–Trinajstić information content (AvgIpc) is 2.96. The summed E-state index contributed by atoms with van der Waals surface area (Å²) in [6, 6.07) is 34.1. The van der Waals surface area contributed by atoms with E-state index in [0.717, 1.165) is 34.6 Å². The van der Waals surface area contributed by atoms with E-state index in [1.165, 1.54) is 22.9 Å². The Morgan fingerprint density at radius 1 is 0.872 bits per heavy atom. The van der Waals surface area contributed by atoms with Crippen molar-refractivity contribution in [1.29, 1.82) is 0 Å². The third kappa shape index (κ3) is 6.68. The van der Waals surface area contributed by atoms with Crippen molar-refractivity contribution in [2.45, 2.75) is 44.2 Å². The zero-order valence-corrected chi connectivity index (χ0v) is 23.1. The summed E-state index contributed by atoms with van der Waals surface area (Å²) < 4.78 is 0. The molecule has 4 nitrogen and oxygen atoms in total. The number of nitrogens with zero attached hydrogens (tertiary/aromatic N) is 1. The number of hydrogen-bond donors (Lipinski definition) is 1. The normalized spacial score (nSPS) is 14.7. The summed E-state index contributed by atoms with van der Waals surface area (Å²) >= 11 is 1.49. The van der Waals surface area contributed by atoms with Gasteiger partial charge in [-0.2, -0.15) is 0 Å². The maximum Gasteiger partial charge on any atom is 0.265 e. The summed E-state index contributed by atoms with van der Waals surface area (Å²) in [4.78, 5) is 30.0. The Balaban J connectivity index is 1.27. The second-order valence-electron chi connectivity index (χ2n) is 9.98. The number of carbonyl (C=O) groups excluding carboxylic acids is 2. The van der Waals surface area contributed by atoms with Crippen LogP contribution in [0.25, 0.3) is 6.08 Å². The highest BCUT2D eigenvalue weighted by atomic mass is 32.2. The molecule has 4 aromatic carbocycles. The first-order valence-electron chi connectivity index (χ1n) is 13.3. The topological polar surface area (TPSA) is 49.4 Å². The number of amides is 2. The summed E-state index contributed by atoms with van der Waals surface area (Å²) in [6.07, 6.45) is 3.71. The van der Waals surface area contributed by atoms with E-state index in [1.54, 1.807) is 0 Å². The molecule has 5 heteroatoms. The van der Waals surface area contributed by atoms with Crippen molar-refractivity contribution in [3.8, 4) is 0 Å². The lowest BCUT2D eigenvalue weighted by atomic mass is 10.1. The van der Waals surface area contributed by atoms with E-state index in [2.05, 4.69) is 54.7 Å². The highest BCUT2D eigenvalue weighted by Crippen LogP contribution is 2.42. The van der Waals surface area contributed by atoms with Gasteiger partial charge in [-0.15, -0.1) is 0 Å². The Bertz CT molecular complexity index is 1480. The predicted molar refractivity (Wildman–Crippen MR) is 161 cm³/mol. The van der Waals surface area contributed by atoms with Crippen LogP contribution < -0.4 is 10.2 Å². The number of para-hydroxylation sites is 1. The lowest BCUT2D eigenvalue weighted by Crippen LogP contribution is -2.33. The Labute approximate surface area is 234 Å². The summed E-state index contributed by atoms with van der Waals surface area (Å²) in [5, 5.41) is 3.10. The zero-order chi connectivity index (χ0) is 27.2. The van der Waals surface area contributed by atoms with Gasteiger partial charge < -0.3 is 10.2 Å². The van der Waals surface area contributed by atoms with Gasteiger partial charge in [0.15, 0.2) is 0 Å². The molecular formula is C34H32N2O2S. The summed E-state index contributed by atoms with van der Waals surface area (Å²) in [5.74, 6) is -0.107. The summed E-state index contributed by atoms with van der Waals surface area (Å²) in [5.41, 5.74) is 5.97. The molecule has 1 aliphatic heterocycles. The van der Waals surface area contributed by atoms with Crippen LogP contribution in [0.3, 0.4) is 0 Å². The standard InChI is InChI=1S/C34H32N2O2S/c1-24-12-15-28(16-13-24)23-36-30-10-6-7-11-31(30)39-32(34(36)38)22-27-18-20-29(21-19-27)33(37)35-25(2)14-17-26-8-4-3-5-9-26/h3-13,15-16,18-22,25H,14,17,23H2,1-2H3,(H,35,37)/b32-22+/t25-/m1/s1. The van der Waals surface area contributed by atoms with Gasteiger partial charge in [0, 0.05) is 16.5 Å². The van der Waals surface area contributed by atoms with Gasteiger partial charge in [0.2, 0.25) is 0 Å². The smallest absolute Gasteiger partial charge is 0.265 e. The van der Waals surface area contributed by atoms with Crippen LogP contribution in [-0.4, -0.2) is 17.9 Å². The van der Waals surface area contributed by atoms with Gasteiger partial charge in [-0.3, -0.25) is 9.59 Å². The van der Waals surface area contributed by atoms with Gasteiger partial charge in [-0.25, -0.2) is 0 Å². The largest absolute Gasteiger partial charge is 0.350 e. The third-order valence-electron chi connectivity index (χ3n) is 6.85. The predicted octanol–water partition coefficient (Wildman–Crippen LogP) is 7.43. The molecule has 4 aromatic rings. The highest BCUT2D eigenvalue weighted by Gasteiger charge is 2.29. The lowest BCUT2D eigenvalue weighted by Gasteiger charge is -2.30. The minimum atomic E-state index is -0.0870. The number of aryl methyl sites for hydroxylation is 2. The number of anilines is 1. The third-order valence-corrected chi connectivity index (χ3v) is 7.93. The molecule has 0 bridgehead atoms. The lowest BCUT2D eigenvalue weighted by molar-refractivity contribution is -0.114. The Kier molecular flexibility index (Phi) is 8.28. The number of rotatable bonds is 8. The van der Waals surface area contributed by atoms with Crippen molar-refractivity contribution in [1.82, 2.24) is 5.32 Å². The molecule has 39 heavy (non-hydrogen) atoms. The fourth-order valence-electron chi connectivity index (χ4n) is 4.58. The van der Waals surface area contributed by atoms with Crippen molar-refractivity contribution in [2.75, 3.05) is 4.90 Å². The molecule has 0 unspecified atom stereocenters. The molecule has 0 spiro atoms. The van der Waals surface area contributed by atoms with E-state index < -0.39 is 0 Å². The second-order valence-corrected chi connectivity index (χ2v) is 11.1. The van der Waals surface area contributed by atoms with E-state index >= 15 is 0 Å². The van der Waals surface area contributed by atoms with E-state index in [4.69, 9.17) is 0 Å². The van der Waals surface area contributed by atoms with Crippen LogP contribution in [-0.2, 0) is 17.8 Å². The molecule has 196 valence electrons. The second kappa shape index (κ2) is 12.2. The van der Waals surface area contributed by atoms with Crippen LogP contribution >= 0.6 is 11.8 Å². The number of hydrogen-bond acceptors (Lipinski definition) is 3. The van der Waals surface area contributed by atoms with Crippen LogP contribution in [0.15, 0.2) is 113 Å². The summed E-state index contributed by atoms with van der Waals surface area (Å²) in [7, 11) is 0. The maximum atomic E-state index is 13.6. The Hall–Kier alpha value is -4.09. The van der Waals surface area contributed by atoms with Crippen LogP contribution in [0.4, 0.5) is 5.69 Å². The van der Waals surface area contributed by atoms with Crippen molar-refractivity contribution < 1.29 is 9.59 Å². The van der Waals surface area contributed by atoms with E-state index in [1.807, 2.05) is 78.6 Å². The molecule has 1 atom stereocenters. The Morgan fingerprint density at radius 3 is 2.31 bits per heavy atom. The van der Waals surface area contributed by atoms with Gasteiger partial charge in [0.1, 0.15) is 0 Å². The molecule has 0 aliphatic carbocycles. The van der Waals surface area contributed by atoms with Crippen molar-refractivity contribution in [2.24, 2.45) is 0 Å². The molecule has 0 aromatic heterocycles. The van der Waals surface area contributed by atoms with E-state index in [9.17, 15) is 9.59 Å². The SMILES string of the molecule is Cc1ccc(CN2C(=O)/C(=C\c3ccc(C(=O)N[C@H](C)CCc4ccccc4)cc3)Sc3ccccc32)cc1. The zero-order valence-electron chi connectivity index (χ0n) is 22.3. The molecular weight excluding hydrogens is 500 g/mol. The number of thioether (sulfide) groups is 1. The molecule has 1 N–H and O–H groups in total. The number of carbonyl (C=O) groups is 2. The van der Waals surface area contributed by atoms with Gasteiger partial charge >= 0.3 is 0 Å². The van der Waals surface area contributed by atoms with Gasteiger partial charge in [-0.05, 0) is 73.7 Å². The van der Waals surface area contributed by atoms with Crippen LogP contribution in [0.2, 0.25) is 0 Å². The van der Waals surface area contributed by atoms with Gasteiger partial charge in [-0.1, -0.05) is 96.2 Å². The van der Waals surface area contributed by atoms with E-state index in [0.29, 0.717) is 17.0 Å². The van der Waals surface area contributed by atoms with Gasteiger partial charge in [0.05, 0.1) is 17.1 Å². The van der Waals surface area contributed by atoms with Crippen molar-refractivity contribution in [3.05, 3.63) is 136 Å². The number of nitrogens with one attached hydrogen (secondary N) is 1. The first-order chi connectivity index (χ1) is 19.0. The number of benzene rings is 4. The van der Waals surface area contributed by atoms with Gasteiger partial charge in [0.25, 0.3) is 11.8 Å². The molecule has 5 rings (SSSR count). The first kappa shape index (κ1) is 26.5. The highest BCUT2D eigenvalue weighted by molar-refractivity contribution is 8.04. The average molecular weight is 533 g/mol. The monoisotopic (exact) mass is 532 g/mol. The van der Waals surface area contributed by atoms with Crippen molar-refractivity contribution in [3.63, 3.8) is 0 Å². The van der Waals surface area contributed by atoms with E-state index in [-0.39, 0.29) is 17.9 Å². The van der Waals surface area contributed by atoms with Crippen molar-refractivity contribution >= 4 is 35.3 Å². The molecule has 1 aliphatic rings. The molecule has 0 fully saturated rings. The fourth-order valence-corrected chi connectivity index (χ4v) is 5.64. The molecule has 2 amide bonds. The van der Waals surface area contributed by atoms with Crippen LogP contribution in [0.1, 0.15) is 46.0 Å². The quantitative estimate of drug-likeness (QED) is 0.240. The first-order valence-corrected chi connectivity index (χ1v) is 14.1. The minimum Gasteiger partial charge on any atom is -0.350 e. The van der Waals surface area contributed by atoms with Crippen LogP contribution in [0.5, 0.6) is 0 Å². The summed E-state index contributed by atoms with van der Waals surface area (Å²) in [6.45, 7) is 4.60. The van der Waals surface area contributed by atoms with Crippen LogP contribution in [0, 0.1) is 6.92 Å². The molecule has 0 saturated heterocycles.